The molecule has 1 aromatic heterocycles. The second-order valence-electron chi connectivity index (χ2n) is 12.2. The number of aryl methyl sites for hydroxylation is 1. The fraction of sp³-hybridized carbons (Fsp3) is 0.472. The minimum atomic E-state index is -0.0541. The zero-order chi connectivity index (χ0) is 28.9. The Bertz CT molecular complexity index is 1450. The predicted molar refractivity (Wildman–Crippen MR) is 171 cm³/mol. The summed E-state index contributed by atoms with van der Waals surface area (Å²) in [5.74, 6) is 1.52. The highest BCUT2D eigenvalue weighted by molar-refractivity contribution is 7.17. The molecule has 0 spiro atoms. The van der Waals surface area contributed by atoms with E-state index in [9.17, 15) is 4.79 Å². The molecule has 1 aliphatic heterocycles. The number of allylic oxidation sites excluding steroid dienone is 1. The third kappa shape index (κ3) is 6.53. The topological polar surface area (TPSA) is 69.0 Å². The molecule has 2 heterocycles. The van der Waals surface area contributed by atoms with E-state index in [1.165, 1.54) is 75.8 Å². The summed E-state index contributed by atoms with van der Waals surface area (Å²) < 4.78 is 0. The molecule has 3 aliphatic rings. The average molecular weight is 579 g/mol. The van der Waals surface area contributed by atoms with Crippen molar-refractivity contribution in [3.8, 4) is 16.6 Å². The zero-order valence-electron chi connectivity index (χ0n) is 24.7. The standard InChI is InChI=1S/C36H42N4OS/c1-2-7-32-34(42-36(39-32)29-12-10-25(24-37)11-13-29)35(41)38-20-5-6-21-40-22-18-27(19-23-40)31-17-16-26-8-3-4-9-30(26)33(31)28-14-15-28/h2,10-13,16-17,27-28H,1,3-9,14-15,18-23H2,(H,38,41). The molecule has 2 aromatic carbocycles. The number of unbranched alkanes of at least 4 members (excludes halogenated alkanes) is 1. The molecule has 0 atom stereocenters. The summed E-state index contributed by atoms with van der Waals surface area (Å²) in [5.41, 5.74) is 9.16. The van der Waals surface area contributed by atoms with E-state index >= 15 is 0 Å². The highest BCUT2D eigenvalue weighted by Gasteiger charge is 2.33. The van der Waals surface area contributed by atoms with Crippen LogP contribution in [0.5, 0.6) is 0 Å². The molecular weight excluding hydrogens is 536 g/mol. The first-order valence-corrected chi connectivity index (χ1v) is 16.7. The maximum atomic E-state index is 13.1. The Morgan fingerprint density at radius 3 is 2.57 bits per heavy atom. The van der Waals surface area contributed by atoms with E-state index in [1.54, 1.807) is 40.5 Å². The molecule has 5 nitrogen and oxygen atoms in total. The largest absolute Gasteiger partial charge is 0.351 e. The molecule has 2 fully saturated rings. The number of nitrogens with one attached hydrogen (secondary N) is 1. The van der Waals surface area contributed by atoms with Gasteiger partial charge >= 0.3 is 0 Å². The van der Waals surface area contributed by atoms with Crippen molar-refractivity contribution in [1.82, 2.24) is 15.2 Å². The Labute approximate surface area is 254 Å². The number of rotatable bonds is 11. The number of nitrogens with zero attached hydrogens (tertiary/aromatic N) is 3. The number of thiazole rings is 1. The lowest BCUT2D eigenvalue weighted by atomic mass is 9.78. The molecule has 0 bridgehead atoms. The van der Waals surface area contributed by atoms with Gasteiger partial charge in [-0.05, 0) is 130 Å². The van der Waals surface area contributed by atoms with Crippen LogP contribution in [-0.4, -0.2) is 42.0 Å². The highest BCUT2D eigenvalue weighted by Crippen LogP contribution is 2.48. The molecule has 6 rings (SSSR count). The number of fused-ring (bicyclic) bond motifs is 1. The Balaban J connectivity index is 0.966. The Kier molecular flexibility index (Phi) is 9.17. The summed E-state index contributed by atoms with van der Waals surface area (Å²) in [6, 6.07) is 14.5. The number of carbonyl (C=O) groups is 1. The second-order valence-corrected chi connectivity index (χ2v) is 13.2. The maximum absolute atomic E-state index is 13.1. The van der Waals surface area contributed by atoms with Gasteiger partial charge in [0.25, 0.3) is 5.91 Å². The summed E-state index contributed by atoms with van der Waals surface area (Å²) in [4.78, 5) is 21.1. The van der Waals surface area contributed by atoms with Crippen molar-refractivity contribution in [3.63, 3.8) is 0 Å². The number of carbonyl (C=O) groups excluding carboxylic acids is 1. The minimum absolute atomic E-state index is 0.0541. The first kappa shape index (κ1) is 28.8. The smallest absolute Gasteiger partial charge is 0.263 e. The van der Waals surface area contributed by atoms with Gasteiger partial charge in [-0.25, -0.2) is 4.98 Å². The average Bonchev–Trinajstić information content (AvgIpc) is 3.79. The van der Waals surface area contributed by atoms with Crippen LogP contribution in [-0.2, 0) is 19.3 Å². The number of hydrogen-bond acceptors (Lipinski definition) is 5. The molecule has 1 N–H and O–H groups in total. The minimum Gasteiger partial charge on any atom is -0.351 e. The second kappa shape index (κ2) is 13.4. The van der Waals surface area contributed by atoms with Crippen molar-refractivity contribution in [2.75, 3.05) is 26.2 Å². The van der Waals surface area contributed by atoms with Gasteiger partial charge in [0, 0.05) is 18.5 Å². The number of hydrogen-bond donors (Lipinski definition) is 1. The van der Waals surface area contributed by atoms with E-state index in [0.29, 0.717) is 23.4 Å². The van der Waals surface area contributed by atoms with Gasteiger partial charge in [-0.2, -0.15) is 5.26 Å². The van der Waals surface area contributed by atoms with Crippen LogP contribution in [0.4, 0.5) is 0 Å². The Hall–Kier alpha value is -3.27. The van der Waals surface area contributed by atoms with Crippen molar-refractivity contribution in [1.29, 1.82) is 5.26 Å². The lowest BCUT2D eigenvalue weighted by Crippen LogP contribution is -2.34. The van der Waals surface area contributed by atoms with E-state index in [-0.39, 0.29) is 5.91 Å². The van der Waals surface area contributed by atoms with Gasteiger partial charge in [0.05, 0.1) is 17.3 Å². The number of nitriles is 1. The molecular formula is C36H42N4OS. The number of aromatic nitrogens is 1. The zero-order valence-corrected chi connectivity index (χ0v) is 25.5. The fourth-order valence-corrected chi connectivity index (χ4v) is 7.92. The third-order valence-electron chi connectivity index (χ3n) is 9.31. The van der Waals surface area contributed by atoms with Gasteiger partial charge in [-0.3, -0.25) is 4.79 Å². The lowest BCUT2D eigenvalue weighted by molar-refractivity contribution is 0.0955. The van der Waals surface area contributed by atoms with Crippen LogP contribution >= 0.6 is 11.3 Å². The predicted octanol–water partition coefficient (Wildman–Crippen LogP) is 7.56. The summed E-state index contributed by atoms with van der Waals surface area (Å²) in [5, 5.41) is 13.0. The third-order valence-corrected chi connectivity index (χ3v) is 10.5. The van der Waals surface area contributed by atoms with E-state index < -0.39 is 0 Å². The first-order valence-electron chi connectivity index (χ1n) is 15.9. The molecule has 0 radical (unpaired) electrons. The molecule has 0 unspecified atom stereocenters. The number of benzene rings is 2. The highest BCUT2D eigenvalue weighted by atomic mass is 32.1. The van der Waals surface area contributed by atoms with E-state index in [0.717, 1.165) is 47.5 Å². The summed E-state index contributed by atoms with van der Waals surface area (Å²) >= 11 is 1.41. The molecule has 1 saturated heterocycles. The maximum Gasteiger partial charge on any atom is 0.263 e. The summed E-state index contributed by atoms with van der Waals surface area (Å²) in [6.45, 7) is 7.98. The van der Waals surface area contributed by atoms with E-state index in [2.05, 4.69) is 35.0 Å². The van der Waals surface area contributed by atoms with Gasteiger partial charge in [0.15, 0.2) is 0 Å². The Morgan fingerprint density at radius 1 is 1.05 bits per heavy atom. The van der Waals surface area contributed by atoms with Crippen LogP contribution in [0, 0.1) is 11.3 Å². The number of piperidine rings is 1. The SMILES string of the molecule is C=CCc1nc(-c2ccc(C#N)cc2)sc1C(=O)NCCCCN1CCC(c2ccc3c(c2C2CC2)CCCC3)CC1. The normalized spacial score (nSPS) is 17.4. The van der Waals surface area contributed by atoms with Crippen LogP contribution in [0.15, 0.2) is 49.1 Å². The molecule has 3 aromatic rings. The summed E-state index contributed by atoms with van der Waals surface area (Å²) in [6.07, 6.45) is 15.1. The van der Waals surface area contributed by atoms with Gasteiger partial charge in [0.2, 0.25) is 0 Å². The van der Waals surface area contributed by atoms with Crippen molar-refractivity contribution < 1.29 is 4.79 Å². The molecule has 1 saturated carbocycles. The fourth-order valence-electron chi connectivity index (χ4n) is 6.91. The first-order chi connectivity index (χ1) is 20.6. The van der Waals surface area contributed by atoms with Crippen LogP contribution in [0.1, 0.15) is 106 Å². The van der Waals surface area contributed by atoms with Crippen molar-refractivity contribution in [3.05, 3.63) is 87.4 Å². The van der Waals surface area contributed by atoms with Crippen LogP contribution in [0.3, 0.4) is 0 Å². The van der Waals surface area contributed by atoms with Gasteiger partial charge in [-0.15, -0.1) is 17.9 Å². The molecule has 1 amide bonds. The molecule has 42 heavy (non-hydrogen) atoms. The van der Waals surface area contributed by atoms with E-state index in [1.807, 2.05) is 12.1 Å². The van der Waals surface area contributed by atoms with Crippen molar-refractivity contribution >= 4 is 17.2 Å². The molecule has 2 aliphatic carbocycles. The molecule has 218 valence electrons. The van der Waals surface area contributed by atoms with Gasteiger partial charge in [0.1, 0.15) is 9.88 Å². The van der Waals surface area contributed by atoms with Crippen LogP contribution in [0.2, 0.25) is 0 Å². The van der Waals surface area contributed by atoms with Gasteiger partial charge < -0.3 is 10.2 Å². The monoisotopic (exact) mass is 578 g/mol. The van der Waals surface area contributed by atoms with Crippen LogP contribution in [0.25, 0.3) is 10.6 Å². The number of amides is 1. The van der Waals surface area contributed by atoms with Crippen molar-refractivity contribution in [2.45, 2.75) is 82.5 Å². The lowest BCUT2D eigenvalue weighted by Gasteiger charge is -2.34. The van der Waals surface area contributed by atoms with Crippen molar-refractivity contribution in [2.24, 2.45) is 0 Å². The summed E-state index contributed by atoms with van der Waals surface area (Å²) in [7, 11) is 0. The van der Waals surface area contributed by atoms with Crippen LogP contribution < -0.4 is 5.32 Å². The quantitative estimate of drug-likeness (QED) is 0.188. The Morgan fingerprint density at radius 2 is 1.83 bits per heavy atom. The van der Waals surface area contributed by atoms with Gasteiger partial charge in [-0.1, -0.05) is 30.3 Å². The van der Waals surface area contributed by atoms with E-state index in [4.69, 9.17) is 10.2 Å². The molecule has 6 heteroatoms. The number of likely N-dealkylation sites (tertiary alicyclic amines) is 1.